The molecular formula is C23H41NO2. The summed E-state index contributed by atoms with van der Waals surface area (Å²) in [5.74, 6) is 0. The van der Waals surface area contributed by atoms with Crippen LogP contribution in [0.25, 0.3) is 0 Å². The number of aryl methyl sites for hydroxylation is 2. The molecule has 0 spiro atoms. The van der Waals surface area contributed by atoms with Gasteiger partial charge in [-0.2, -0.15) is 0 Å². The highest BCUT2D eigenvalue weighted by molar-refractivity contribution is 5.23. The third-order valence-electron chi connectivity index (χ3n) is 5.38. The summed E-state index contributed by atoms with van der Waals surface area (Å²) in [5, 5.41) is 18.5. The van der Waals surface area contributed by atoms with Gasteiger partial charge in [0.15, 0.2) is 6.29 Å². The van der Waals surface area contributed by atoms with Crippen LogP contribution in [-0.2, 0) is 12.8 Å². The Morgan fingerprint density at radius 3 is 1.65 bits per heavy atom. The molecule has 0 saturated heterocycles. The molecule has 0 fully saturated rings. The van der Waals surface area contributed by atoms with Gasteiger partial charge >= 0.3 is 0 Å². The maximum Gasteiger partial charge on any atom is 0.169 e. The van der Waals surface area contributed by atoms with Crippen LogP contribution in [0.4, 0.5) is 0 Å². The van der Waals surface area contributed by atoms with Crippen molar-refractivity contribution in [1.29, 1.82) is 0 Å². The minimum absolute atomic E-state index is 0.558. The Bertz CT molecular complexity index is 454. The van der Waals surface area contributed by atoms with Gasteiger partial charge in [-0.15, -0.1) is 0 Å². The second kappa shape index (κ2) is 13.3. The molecule has 0 aliphatic heterocycles. The summed E-state index contributed by atoms with van der Waals surface area (Å²) in [5.41, 5.74) is 7.53. The van der Waals surface area contributed by atoms with Crippen molar-refractivity contribution in [3.63, 3.8) is 0 Å². The van der Waals surface area contributed by atoms with E-state index in [1.165, 1.54) is 75.3 Å². The molecule has 0 aliphatic rings. The van der Waals surface area contributed by atoms with Crippen LogP contribution in [0.2, 0.25) is 0 Å². The second-order valence-corrected chi connectivity index (χ2v) is 8.13. The number of hydrogen-bond acceptors (Lipinski definition) is 3. The van der Waals surface area contributed by atoms with E-state index in [-0.39, 0.29) is 0 Å². The zero-order valence-corrected chi connectivity index (χ0v) is 17.1. The van der Waals surface area contributed by atoms with Gasteiger partial charge in [-0.3, -0.25) is 0 Å². The van der Waals surface area contributed by atoms with Crippen molar-refractivity contribution in [2.75, 3.05) is 0 Å². The third kappa shape index (κ3) is 10.3. The molecule has 1 aromatic carbocycles. The lowest BCUT2D eigenvalue weighted by atomic mass is 9.93. The van der Waals surface area contributed by atoms with E-state index in [2.05, 4.69) is 31.2 Å². The van der Waals surface area contributed by atoms with Crippen molar-refractivity contribution in [3.8, 4) is 0 Å². The molecule has 0 radical (unpaired) electrons. The third-order valence-corrected chi connectivity index (χ3v) is 5.38. The first-order valence-electron chi connectivity index (χ1n) is 10.7. The Kier molecular flexibility index (Phi) is 11.8. The molecule has 3 nitrogen and oxygen atoms in total. The number of benzene rings is 1. The molecule has 26 heavy (non-hydrogen) atoms. The number of unbranched alkanes of at least 4 members (excludes halogenated alkanes) is 9. The lowest BCUT2D eigenvalue weighted by Gasteiger charge is -2.26. The fourth-order valence-corrected chi connectivity index (χ4v) is 3.23. The highest BCUT2D eigenvalue weighted by atomic mass is 16.5. The van der Waals surface area contributed by atoms with Crippen LogP contribution in [0.1, 0.15) is 95.6 Å². The van der Waals surface area contributed by atoms with Crippen molar-refractivity contribution >= 4 is 0 Å². The van der Waals surface area contributed by atoms with Crippen LogP contribution in [0.15, 0.2) is 24.3 Å². The van der Waals surface area contributed by atoms with Gasteiger partial charge in [0, 0.05) is 0 Å². The van der Waals surface area contributed by atoms with Crippen LogP contribution in [0, 0.1) is 0 Å². The molecule has 4 N–H and O–H groups in total. The van der Waals surface area contributed by atoms with Gasteiger partial charge in [-0.1, -0.05) is 89.0 Å². The lowest BCUT2D eigenvalue weighted by molar-refractivity contribution is -0.0927. The number of hydrogen-bond donors (Lipinski definition) is 3. The molecule has 0 aliphatic carbocycles. The molecule has 1 unspecified atom stereocenters. The van der Waals surface area contributed by atoms with Gasteiger partial charge in [0.25, 0.3) is 0 Å². The van der Waals surface area contributed by atoms with E-state index in [0.29, 0.717) is 6.42 Å². The number of aliphatic hydroxyl groups excluding tert-OH is 1. The summed E-state index contributed by atoms with van der Waals surface area (Å²) >= 11 is 0. The summed E-state index contributed by atoms with van der Waals surface area (Å²) in [4.78, 5) is 0. The van der Waals surface area contributed by atoms with E-state index >= 15 is 0 Å². The zero-order valence-electron chi connectivity index (χ0n) is 17.1. The largest absolute Gasteiger partial charge is 0.367 e. The Morgan fingerprint density at radius 2 is 1.19 bits per heavy atom. The van der Waals surface area contributed by atoms with Crippen LogP contribution >= 0.6 is 0 Å². The fourth-order valence-electron chi connectivity index (χ4n) is 3.23. The minimum atomic E-state index is -1.47. The molecule has 0 bridgehead atoms. The molecule has 0 amide bonds. The Morgan fingerprint density at radius 1 is 0.769 bits per heavy atom. The van der Waals surface area contributed by atoms with Gasteiger partial charge in [0.2, 0.25) is 0 Å². The Hall–Kier alpha value is -0.900. The first-order valence-corrected chi connectivity index (χ1v) is 10.7. The van der Waals surface area contributed by atoms with Crippen LogP contribution in [-0.4, -0.2) is 22.0 Å². The number of aliphatic hydroxyl groups is 2. The summed E-state index contributed by atoms with van der Waals surface area (Å²) in [7, 11) is 0. The average molecular weight is 364 g/mol. The first kappa shape index (κ1) is 23.1. The lowest BCUT2D eigenvalue weighted by Crippen LogP contribution is -2.48. The average Bonchev–Trinajstić information content (AvgIpc) is 2.62. The molecule has 0 saturated carbocycles. The summed E-state index contributed by atoms with van der Waals surface area (Å²) in [6.07, 6.45) is 14.7. The topological polar surface area (TPSA) is 66.5 Å². The maximum atomic E-state index is 9.26. The molecule has 1 atom stereocenters. The Balaban J connectivity index is 2.10. The maximum absolute atomic E-state index is 9.26. The van der Waals surface area contributed by atoms with Crippen molar-refractivity contribution in [2.24, 2.45) is 5.73 Å². The molecule has 1 aromatic rings. The molecule has 0 heterocycles. The second-order valence-electron chi connectivity index (χ2n) is 8.13. The predicted octanol–water partition coefficient (Wildman–Crippen LogP) is 5.11. The smallest absolute Gasteiger partial charge is 0.169 e. The van der Waals surface area contributed by atoms with Crippen LogP contribution in [0.5, 0.6) is 0 Å². The molecule has 3 heteroatoms. The van der Waals surface area contributed by atoms with Crippen LogP contribution in [0.3, 0.4) is 0 Å². The molecular weight excluding hydrogens is 322 g/mol. The van der Waals surface area contributed by atoms with Crippen molar-refractivity contribution in [2.45, 2.75) is 109 Å². The quantitative estimate of drug-likeness (QED) is 0.300. The molecule has 150 valence electrons. The standard InChI is InChI=1S/C23H41NO2/c1-3-4-5-6-7-8-9-10-11-12-13-20-14-16-21(17-15-20)18-19-23(2,24)22(25)26/h14-17,22,25-26H,3-13,18-19,24H2,1-2H3. The van der Waals surface area contributed by atoms with Crippen molar-refractivity contribution < 1.29 is 10.2 Å². The summed E-state index contributed by atoms with van der Waals surface area (Å²) in [6, 6.07) is 8.69. The Labute approximate surface area is 161 Å². The normalized spacial score (nSPS) is 13.9. The highest BCUT2D eigenvalue weighted by Gasteiger charge is 2.26. The van der Waals surface area contributed by atoms with Crippen molar-refractivity contribution in [3.05, 3.63) is 35.4 Å². The van der Waals surface area contributed by atoms with Gasteiger partial charge in [-0.05, 0) is 43.7 Å². The van der Waals surface area contributed by atoms with Crippen molar-refractivity contribution in [1.82, 2.24) is 0 Å². The monoisotopic (exact) mass is 363 g/mol. The van der Waals surface area contributed by atoms with E-state index in [9.17, 15) is 10.2 Å². The van der Waals surface area contributed by atoms with E-state index in [4.69, 9.17) is 5.73 Å². The molecule has 1 rings (SSSR count). The minimum Gasteiger partial charge on any atom is -0.367 e. The summed E-state index contributed by atoms with van der Waals surface area (Å²) < 4.78 is 0. The number of rotatable bonds is 15. The van der Waals surface area contributed by atoms with E-state index in [1.807, 2.05) is 0 Å². The highest BCUT2D eigenvalue weighted by Crippen LogP contribution is 2.16. The van der Waals surface area contributed by atoms with E-state index in [1.54, 1.807) is 6.92 Å². The number of nitrogens with two attached hydrogens (primary N) is 1. The fraction of sp³-hybridized carbons (Fsp3) is 0.739. The molecule has 0 aromatic heterocycles. The first-order chi connectivity index (χ1) is 12.5. The SMILES string of the molecule is CCCCCCCCCCCCc1ccc(CCC(C)(N)C(O)O)cc1. The van der Waals surface area contributed by atoms with Gasteiger partial charge < -0.3 is 15.9 Å². The van der Waals surface area contributed by atoms with Crippen LogP contribution < -0.4 is 5.73 Å². The van der Waals surface area contributed by atoms with Gasteiger partial charge in [0.05, 0.1) is 5.54 Å². The van der Waals surface area contributed by atoms with E-state index in [0.717, 1.165) is 12.8 Å². The van der Waals surface area contributed by atoms with Gasteiger partial charge in [0.1, 0.15) is 0 Å². The zero-order chi connectivity index (χ0) is 19.3. The predicted molar refractivity (Wildman–Crippen MR) is 111 cm³/mol. The van der Waals surface area contributed by atoms with Gasteiger partial charge in [-0.25, -0.2) is 0 Å². The summed E-state index contributed by atoms with van der Waals surface area (Å²) in [6.45, 7) is 3.95. The van der Waals surface area contributed by atoms with E-state index < -0.39 is 11.8 Å².